The Bertz CT molecular complexity index is 748. The molecule has 2 aromatic rings. The van der Waals surface area contributed by atoms with Gasteiger partial charge in [-0.3, -0.25) is 4.79 Å². The van der Waals surface area contributed by atoms with Crippen LogP contribution < -0.4 is 4.74 Å². The molecule has 0 fully saturated rings. The lowest BCUT2D eigenvalue weighted by atomic mass is 10.1. The smallest absolute Gasteiger partial charge is 0.310 e. The summed E-state index contributed by atoms with van der Waals surface area (Å²) in [4.78, 5) is 16.3. The highest BCUT2D eigenvalue weighted by Gasteiger charge is 2.16. The van der Waals surface area contributed by atoms with E-state index in [0.717, 1.165) is 28.3 Å². The number of hydrogen-bond acceptors (Lipinski definition) is 4. The topological polar surface area (TPSA) is 47.9 Å². The zero-order valence-corrected chi connectivity index (χ0v) is 13.3. The van der Waals surface area contributed by atoms with Crippen LogP contribution in [0.2, 0.25) is 0 Å². The molecule has 0 saturated heterocycles. The molecule has 1 aliphatic rings. The number of aryl methyl sites for hydroxylation is 1. The first-order valence-electron chi connectivity index (χ1n) is 7.71. The summed E-state index contributed by atoms with van der Waals surface area (Å²) < 4.78 is 10.8. The summed E-state index contributed by atoms with van der Waals surface area (Å²) in [5, 5.41) is 0. The number of carbonyl (C=O) groups is 1. The molecule has 0 atom stereocenters. The van der Waals surface area contributed by atoms with Gasteiger partial charge in [-0.15, -0.1) is 0 Å². The fourth-order valence-corrected chi connectivity index (χ4v) is 2.48. The fourth-order valence-electron chi connectivity index (χ4n) is 2.48. The van der Waals surface area contributed by atoms with Crippen LogP contribution in [0.4, 0.5) is 5.69 Å². The highest BCUT2D eigenvalue weighted by atomic mass is 16.5. The molecule has 0 amide bonds. The van der Waals surface area contributed by atoms with Crippen LogP contribution in [-0.4, -0.2) is 24.9 Å². The maximum Gasteiger partial charge on any atom is 0.310 e. The molecule has 0 spiro atoms. The van der Waals surface area contributed by atoms with E-state index in [1.165, 1.54) is 5.56 Å². The Morgan fingerprint density at radius 2 is 2.00 bits per heavy atom. The zero-order valence-electron chi connectivity index (χ0n) is 13.3. The van der Waals surface area contributed by atoms with Crippen molar-refractivity contribution in [3.63, 3.8) is 0 Å². The minimum Gasteiger partial charge on any atom is -0.485 e. The Morgan fingerprint density at radius 3 is 2.74 bits per heavy atom. The molecule has 3 rings (SSSR count). The van der Waals surface area contributed by atoms with E-state index in [1.807, 2.05) is 30.3 Å². The molecule has 23 heavy (non-hydrogen) atoms. The van der Waals surface area contributed by atoms with Crippen molar-refractivity contribution in [2.45, 2.75) is 20.3 Å². The largest absolute Gasteiger partial charge is 0.485 e. The number of fused-ring (bicyclic) bond motifs is 1. The van der Waals surface area contributed by atoms with Crippen molar-refractivity contribution in [3.05, 3.63) is 59.2 Å². The van der Waals surface area contributed by atoms with Gasteiger partial charge in [0, 0.05) is 0 Å². The summed E-state index contributed by atoms with van der Waals surface area (Å²) >= 11 is 0. The van der Waals surface area contributed by atoms with Gasteiger partial charge in [-0.1, -0.05) is 35.9 Å². The Balaban J connectivity index is 1.86. The zero-order chi connectivity index (χ0) is 16.2. The van der Waals surface area contributed by atoms with Crippen molar-refractivity contribution in [3.8, 4) is 5.75 Å². The number of carbonyl (C=O) groups excluding carboxylic acids is 1. The molecule has 0 saturated carbocycles. The van der Waals surface area contributed by atoms with Gasteiger partial charge in [0.15, 0.2) is 0 Å². The minimum absolute atomic E-state index is 0.230. The van der Waals surface area contributed by atoms with E-state index in [4.69, 9.17) is 14.5 Å². The first kappa shape index (κ1) is 15.3. The van der Waals surface area contributed by atoms with Crippen molar-refractivity contribution in [1.82, 2.24) is 0 Å². The van der Waals surface area contributed by atoms with E-state index in [-0.39, 0.29) is 12.4 Å². The van der Waals surface area contributed by atoms with Crippen LogP contribution >= 0.6 is 0 Å². The molecule has 4 nitrogen and oxygen atoms in total. The lowest BCUT2D eigenvalue weighted by molar-refractivity contribution is -0.142. The van der Waals surface area contributed by atoms with Crippen LogP contribution in [0.25, 0.3) is 0 Å². The SMILES string of the molecule is CCOC(=O)Cc1ccc2c(c1)N=C(c1ccc(C)cc1)CO2. The van der Waals surface area contributed by atoms with E-state index in [1.54, 1.807) is 6.92 Å². The number of aliphatic imine (C=N–C) groups is 1. The van der Waals surface area contributed by atoms with E-state index in [9.17, 15) is 4.79 Å². The molecule has 0 N–H and O–H groups in total. The Morgan fingerprint density at radius 1 is 1.22 bits per heavy atom. The fraction of sp³-hybridized carbons (Fsp3) is 0.263. The van der Waals surface area contributed by atoms with Crippen molar-refractivity contribution < 1.29 is 14.3 Å². The highest BCUT2D eigenvalue weighted by molar-refractivity contribution is 6.04. The van der Waals surface area contributed by atoms with Gasteiger partial charge in [0.05, 0.1) is 18.7 Å². The molecule has 0 unspecified atom stereocenters. The third-order valence-electron chi connectivity index (χ3n) is 3.68. The van der Waals surface area contributed by atoms with Gasteiger partial charge in [0.2, 0.25) is 0 Å². The predicted octanol–water partition coefficient (Wildman–Crippen LogP) is 3.61. The average molecular weight is 309 g/mol. The van der Waals surface area contributed by atoms with Gasteiger partial charge < -0.3 is 9.47 Å². The summed E-state index contributed by atoms with van der Waals surface area (Å²) in [6.45, 7) is 4.70. The first-order valence-corrected chi connectivity index (χ1v) is 7.71. The van der Waals surface area contributed by atoms with Crippen molar-refractivity contribution in [1.29, 1.82) is 0 Å². The lowest BCUT2D eigenvalue weighted by Crippen LogP contribution is -2.16. The summed E-state index contributed by atoms with van der Waals surface area (Å²) in [6, 6.07) is 13.8. The Hall–Kier alpha value is -2.62. The summed E-state index contributed by atoms with van der Waals surface area (Å²) in [5.41, 5.74) is 4.79. The third-order valence-corrected chi connectivity index (χ3v) is 3.68. The van der Waals surface area contributed by atoms with Crippen molar-refractivity contribution in [2.75, 3.05) is 13.2 Å². The van der Waals surface area contributed by atoms with Gasteiger partial charge in [-0.25, -0.2) is 4.99 Å². The number of esters is 1. The Kier molecular flexibility index (Phi) is 4.42. The van der Waals surface area contributed by atoms with E-state index in [0.29, 0.717) is 13.2 Å². The van der Waals surface area contributed by atoms with Crippen molar-refractivity contribution >= 4 is 17.4 Å². The van der Waals surface area contributed by atoms with Gasteiger partial charge in [-0.05, 0) is 37.1 Å². The van der Waals surface area contributed by atoms with Crippen LogP contribution in [-0.2, 0) is 16.0 Å². The van der Waals surface area contributed by atoms with Crippen molar-refractivity contribution in [2.24, 2.45) is 4.99 Å². The van der Waals surface area contributed by atoms with E-state index < -0.39 is 0 Å². The number of ether oxygens (including phenoxy) is 2. The standard InChI is InChI=1S/C19H19NO3/c1-3-22-19(21)11-14-6-9-18-16(10-14)20-17(12-23-18)15-7-4-13(2)5-8-15/h4-10H,3,11-12H2,1-2H3. The van der Waals surface area contributed by atoms with Gasteiger partial charge in [0.25, 0.3) is 0 Å². The molecular weight excluding hydrogens is 290 g/mol. The van der Waals surface area contributed by atoms with E-state index in [2.05, 4.69) is 19.1 Å². The molecule has 0 radical (unpaired) electrons. The molecular formula is C19H19NO3. The van der Waals surface area contributed by atoms with Gasteiger partial charge in [0.1, 0.15) is 18.0 Å². The normalized spacial score (nSPS) is 12.9. The maximum absolute atomic E-state index is 11.6. The number of benzene rings is 2. The maximum atomic E-state index is 11.6. The summed E-state index contributed by atoms with van der Waals surface area (Å²) in [7, 11) is 0. The molecule has 4 heteroatoms. The molecule has 2 aromatic carbocycles. The summed E-state index contributed by atoms with van der Waals surface area (Å²) in [5.74, 6) is 0.514. The molecule has 0 bridgehead atoms. The molecule has 0 aliphatic carbocycles. The third kappa shape index (κ3) is 3.59. The highest BCUT2D eigenvalue weighted by Crippen LogP contribution is 2.32. The van der Waals surface area contributed by atoms with Crippen LogP contribution in [0.5, 0.6) is 5.75 Å². The monoisotopic (exact) mass is 309 g/mol. The lowest BCUT2D eigenvalue weighted by Gasteiger charge is -2.18. The second-order valence-corrected chi connectivity index (χ2v) is 5.50. The molecule has 0 aromatic heterocycles. The molecule has 1 aliphatic heterocycles. The van der Waals surface area contributed by atoms with Crippen LogP contribution in [0.3, 0.4) is 0 Å². The van der Waals surface area contributed by atoms with Crippen LogP contribution in [0.1, 0.15) is 23.6 Å². The number of hydrogen-bond donors (Lipinski definition) is 0. The Labute approximate surface area is 135 Å². The molecule has 118 valence electrons. The second-order valence-electron chi connectivity index (χ2n) is 5.50. The second kappa shape index (κ2) is 6.65. The van der Waals surface area contributed by atoms with Crippen LogP contribution in [0, 0.1) is 6.92 Å². The average Bonchev–Trinajstić information content (AvgIpc) is 2.55. The predicted molar refractivity (Wildman–Crippen MR) is 89.7 cm³/mol. The van der Waals surface area contributed by atoms with E-state index >= 15 is 0 Å². The molecule has 1 heterocycles. The number of nitrogens with zero attached hydrogens (tertiary/aromatic N) is 1. The van der Waals surface area contributed by atoms with Gasteiger partial charge in [-0.2, -0.15) is 0 Å². The van der Waals surface area contributed by atoms with Crippen LogP contribution in [0.15, 0.2) is 47.5 Å². The summed E-state index contributed by atoms with van der Waals surface area (Å²) in [6.07, 6.45) is 0.247. The first-order chi connectivity index (χ1) is 11.2. The number of rotatable bonds is 4. The van der Waals surface area contributed by atoms with Gasteiger partial charge >= 0.3 is 5.97 Å². The quantitative estimate of drug-likeness (QED) is 0.811. The minimum atomic E-state index is -0.230.